The third-order valence-corrected chi connectivity index (χ3v) is 4.96. The summed E-state index contributed by atoms with van der Waals surface area (Å²) >= 11 is 0. The second-order valence-corrected chi connectivity index (χ2v) is 7.07. The van der Waals surface area contributed by atoms with Gasteiger partial charge in [0, 0.05) is 37.8 Å². The Bertz CT molecular complexity index is 985. The molecule has 3 aromatic rings. The van der Waals surface area contributed by atoms with Crippen LogP contribution in [0.3, 0.4) is 0 Å². The van der Waals surface area contributed by atoms with Crippen molar-refractivity contribution in [3.8, 4) is 6.07 Å². The predicted octanol–water partition coefficient (Wildman–Crippen LogP) is 2.55. The SMILES string of the molecule is N#Cc1cc2cccnc2nc1NCC1(O)CCN(Cc2ccccc2)C1. The standard InChI is InChI=1S/C21H21N5O/c22-12-18-11-17-7-4-9-23-19(17)25-20(18)24-14-21(27)8-10-26(15-21)13-16-5-2-1-3-6-16/h1-7,9,11,27H,8,10,13-15H2,(H,23,24,25). The second-order valence-electron chi connectivity index (χ2n) is 7.07. The van der Waals surface area contributed by atoms with Crippen LogP contribution in [-0.2, 0) is 6.54 Å². The Morgan fingerprint density at radius 1 is 1.22 bits per heavy atom. The van der Waals surface area contributed by atoms with Gasteiger partial charge in [-0.1, -0.05) is 30.3 Å². The molecule has 4 rings (SSSR count). The van der Waals surface area contributed by atoms with Crippen LogP contribution >= 0.6 is 0 Å². The fourth-order valence-electron chi connectivity index (χ4n) is 3.54. The number of fused-ring (bicyclic) bond motifs is 1. The average Bonchev–Trinajstić information content (AvgIpc) is 3.07. The summed E-state index contributed by atoms with van der Waals surface area (Å²) in [4.78, 5) is 10.9. The van der Waals surface area contributed by atoms with Gasteiger partial charge >= 0.3 is 0 Å². The molecule has 1 unspecified atom stereocenters. The van der Waals surface area contributed by atoms with Gasteiger partial charge in [0.25, 0.3) is 0 Å². The molecule has 1 aliphatic heterocycles. The van der Waals surface area contributed by atoms with Crippen LogP contribution in [0.1, 0.15) is 17.5 Å². The van der Waals surface area contributed by atoms with Crippen LogP contribution < -0.4 is 5.32 Å². The van der Waals surface area contributed by atoms with Crippen LogP contribution in [0, 0.1) is 11.3 Å². The first kappa shape index (κ1) is 17.4. The second kappa shape index (κ2) is 7.31. The van der Waals surface area contributed by atoms with Crippen molar-refractivity contribution in [1.82, 2.24) is 14.9 Å². The van der Waals surface area contributed by atoms with Gasteiger partial charge in [-0.2, -0.15) is 5.26 Å². The fourth-order valence-corrected chi connectivity index (χ4v) is 3.54. The van der Waals surface area contributed by atoms with Gasteiger partial charge in [0.05, 0.1) is 11.2 Å². The maximum atomic E-state index is 10.9. The predicted molar refractivity (Wildman–Crippen MR) is 104 cm³/mol. The maximum Gasteiger partial charge on any atom is 0.161 e. The highest BCUT2D eigenvalue weighted by Crippen LogP contribution is 2.25. The molecule has 0 aliphatic carbocycles. The van der Waals surface area contributed by atoms with Crippen molar-refractivity contribution < 1.29 is 5.11 Å². The third-order valence-electron chi connectivity index (χ3n) is 4.96. The largest absolute Gasteiger partial charge is 0.387 e. The van der Waals surface area contributed by atoms with Gasteiger partial charge in [-0.15, -0.1) is 0 Å². The molecule has 1 aliphatic rings. The molecule has 1 aromatic carbocycles. The monoisotopic (exact) mass is 359 g/mol. The summed E-state index contributed by atoms with van der Waals surface area (Å²) < 4.78 is 0. The van der Waals surface area contributed by atoms with Crippen molar-refractivity contribution in [2.75, 3.05) is 25.0 Å². The van der Waals surface area contributed by atoms with Crippen molar-refractivity contribution >= 4 is 16.9 Å². The van der Waals surface area contributed by atoms with E-state index in [2.05, 4.69) is 38.4 Å². The van der Waals surface area contributed by atoms with Gasteiger partial charge < -0.3 is 10.4 Å². The van der Waals surface area contributed by atoms with Gasteiger partial charge in [0.2, 0.25) is 0 Å². The number of aliphatic hydroxyl groups is 1. The molecule has 1 atom stereocenters. The Kier molecular flexibility index (Phi) is 4.71. The lowest BCUT2D eigenvalue weighted by atomic mass is 10.0. The minimum atomic E-state index is -0.845. The summed E-state index contributed by atoms with van der Waals surface area (Å²) in [5, 5.41) is 24.4. The van der Waals surface area contributed by atoms with E-state index in [0.29, 0.717) is 36.5 Å². The quantitative estimate of drug-likeness (QED) is 0.728. The third kappa shape index (κ3) is 3.90. The Morgan fingerprint density at radius 3 is 2.89 bits per heavy atom. The lowest BCUT2D eigenvalue weighted by molar-refractivity contribution is 0.0614. The molecule has 2 aromatic heterocycles. The van der Waals surface area contributed by atoms with Gasteiger partial charge in [-0.05, 0) is 30.2 Å². The number of anilines is 1. The van der Waals surface area contributed by atoms with Crippen molar-refractivity contribution in [1.29, 1.82) is 5.26 Å². The van der Waals surface area contributed by atoms with E-state index in [1.807, 2.05) is 30.3 Å². The number of rotatable bonds is 5. The number of hydrogen-bond acceptors (Lipinski definition) is 6. The molecule has 27 heavy (non-hydrogen) atoms. The van der Waals surface area contributed by atoms with Crippen LogP contribution in [0.15, 0.2) is 54.7 Å². The molecule has 0 spiro atoms. The summed E-state index contributed by atoms with van der Waals surface area (Å²) in [6, 6.07) is 17.9. The molecule has 6 nitrogen and oxygen atoms in total. The van der Waals surface area contributed by atoms with Gasteiger partial charge in [0.1, 0.15) is 11.9 Å². The number of aromatic nitrogens is 2. The molecule has 3 heterocycles. The first-order valence-electron chi connectivity index (χ1n) is 9.04. The van der Waals surface area contributed by atoms with E-state index in [1.54, 1.807) is 12.3 Å². The number of nitrogens with one attached hydrogen (secondary N) is 1. The van der Waals surface area contributed by atoms with Crippen LogP contribution in [-0.4, -0.2) is 45.2 Å². The number of nitriles is 1. The molecule has 0 radical (unpaired) electrons. The zero-order chi connectivity index (χ0) is 18.7. The molecular weight excluding hydrogens is 338 g/mol. The zero-order valence-electron chi connectivity index (χ0n) is 15.0. The number of β-amino-alcohol motifs (C(OH)–C–C–N with tert-alkyl or cyclic N) is 1. The highest BCUT2D eigenvalue weighted by Gasteiger charge is 2.36. The molecular formula is C21H21N5O. The topological polar surface area (TPSA) is 85.1 Å². The number of benzene rings is 1. The van der Waals surface area contributed by atoms with Crippen molar-refractivity contribution in [2.24, 2.45) is 0 Å². The average molecular weight is 359 g/mol. The van der Waals surface area contributed by atoms with Gasteiger partial charge in [-0.25, -0.2) is 9.97 Å². The smallest absolute Gasteiger partial charge is 0.161 e. The summed E-state index contributed by atoms with van der Waals surface area (Å²) in [6.45, 7) is 2.59. The molecule has 1 fully saturated rings. The minimum absolute atomic E-state index is 0.346. The normalized spacial score (nSPS) is 19.9. The van der Waals surface area contributed by atoms with Crippen molar-refractivity contribution in [2.45, 2.75) is 18.6 Å². The summed E-state index contributed by atoms with van der Waals surface area (Å²) in [5.74, 6) is 0.471. The molecule has 0 saturated carbocycles. The van der Waals surface area contributed by atoms with Crippen molar-refractivity contribution in [3.63, 3.8) is 0 Å². The fraction of sp³-hybridized carbons (Fsp3) is 0.286. The number of nitrogens with zero attached hydrogens (tertiary/aromatic N) is 4. The summed E-state index contributed by atoms with van der Waals surface area (Å²) in [5.41, 5.74) is 1.44. The zero-order valence-corrected chi connectivity index (χ0v) is 15.0. The van der Waals surface area contributed by atoms with Gasteiger partial charge in [-0.3, -0.25) is 4.90 Å². The van der Waals surface area contributed by atoms with E-state index in [1.165, 1.54) is 5.56 Å². The maximum absolute atomic E-state index is 10.9. The van der Waals surface area contributed by atoms with E-state index < -0.39 is 5.60 Å². The number of pyridine rings is 2. The van der Waals surface area contributed by atoms with E-state index in [9.17, 15) is 10.4 Å². The molecule has 6 heteroatoms. The number of likely N-dealkylation sites (tertiary alicyclic amines) is 1. The molecule has 0 bridgehead atoms. The summed E-state index contributed by atoms with van der Waals surface area (Å²) in [7, 11) is 0. The van der Waals surface area contributed by atoms with Crippen LogP contribution in [0.4, 0.5) is 5.82 Å². The van der Waals surface area contributed by atoms with Crippen LogP contribution in [0.2, 0.25) is 0 Å². The first-order valence-corrected chi connectivity index (χ1v) is 9.04. The molecule has 1 saturated heterocycles. The summed E-state index contributed by atoms with van der Waals surface area (Å²) in [6.07, 6.45) is 2.36. The van der Waals surface area contributed by atoms with Gasteiger partial charge in [0.15, 0.2) is 5.65 Å². The Morgan fingerprint density at radius 2 is 2.07 bits per heavy atom. The van der Waals surface area contributed by atoms with E-state index in [0.717, 1.165) is 18.5 Å². The highest BCUT2D eigenvalue weighted by atomic mass is 16.3. The minimum Gasteiger partial charge on any atom is -0.387 e. The number of hydrogen-bond donors (Lipinski definition) is 2. The Labute approximate surface area is 158 Å². The van der Waals surface area contributed by atoms with Crippen LogP contribution in [0.5, 0.6) is 0 Å². The Balaban J connectivity index is 1.44. The molecule has 2 N–H and O–H groups in total. The highest BCUT2D eigenvalue weighted by molar-refractivity contribution is 5.79. The van der Waals surface area contributed by atoms with Crippen LogP contribution in [0.25, 0.3) is 11.0 Å². The molecule has 136 valence electrons. The van der Waals surface area contributed by atoms with Crippen molar-refractivity contribution in [3.05, 3.63) is 65.9 Å². The lowest BCUT2D eigenvalue weighted by Gasteiger charge is -2.24. The lowest BCUT2D eigenvalue weighted by Crippen LogP contribution is -2.40. The Hall–Kier alpha value is -3.01. The molecule has 0 amide bonds. The first-order chi connectivity index (χ1) is 13.1. The van der Waals surface area contributed by atoms with E-state index in [4.69, 9.17) is 0 Å². The van der Waals surface area contributed by atoms with E-state index >= 15 is 0 Å². The van der Waals surface area contributed by atoms with E-state index in [-0.39, 0.29) is 0 Å².